The average Bonchev–Trinajstić information content (AvgIpc) is 3.36. The molecule has 0 bridgehead atoms. The number of carbonyl (C=O) groups excluding carboxylic acids is 3. The highest BCUT2D eigenvalue weighted by atomic mass is 35.5. The zero-order valence-corrected chi connectivity index (χ0v) is 17.5. The first kappa shape index (κ1) is 21.5. The number of aryl methyl sites for hydroxylation is 1. The van der Waals surface area contributed by atoms with E-state index in [1.165, 1.54) is 4.68 Å². The average molecular weight is 426 g/mol. The maximum absolute atomic E-state index is 12.8. The fourth-order valence-corrected chi connectivity index (χ4v) is 4.41. The summed E-state index contributed by atoms with van der Waals surface area (Å²) < 4.78 is 1.53. The zero-order chi connectivity index (χ0) is 19.9. The fraction of sp³-hybridized carbons (Fsp3) is 0.722. The van der Waals surface area contributed by atoms with Crippen LogP contribution in [0.15, 0.2) is 0 Å². The largest absolute Gasteiger partial charge is 0.325 e. The summed E-state index contributed by atoms with van der Waals surface area (Å²) in [5.41, 5.74) is -0.821. The summed E-state index contributed by atoms with van der Waals surface area (Å²) >= 11 is 0. The fourth-order valence-electron chi connectivity index (χ4n) is 4.41. The highest BCUT2D eigenvalue weighted by Crippen LogP contribution is 2.35. The molecule has 11 heteroatoms. The van der Waals surface area contributed by atoms with Crippen molar-refractivity contribution in [3.63, 3.8) is 0 Å². The lowest BCUT2D eigenvalue weighted by Gasteiger charge is -2.23. The number of anilines is 1. The van der Waals surface area contributed by atoms with Crippen molar-refractivity contribution < 1.29 is 14.4 Å². The predicted octanol–water partition coefficient (Wildman–Crippen LogP) is 0.896. The van der Waals surface area contributed by atoms with E-state index in [1.807, 2.05) is 0 Å². The molecular weight excluding hydrogens is 398 g/mol. The lowest BCUT2D eigenvalue weighted by molar-refractivity contribution is -0.136. The third-order valence-corrected chi connectivity index (χ3v) is 6.14. The van der Waals surface area contributed by atoms with Crippen LogP contribution in [0, 0.1) is 0 Å². The van der Waals surface area contributed by atoms with Gasteiger partial charge in [-0.25, -0.2) is 14.4 Å². The van der Waals surface area contributed by atoms with Crippen LogP contribution in [-0.2, 0) is 16.6 Å². The molecule has 0 radical (unpaired) electrons. The number of aromatic nitrogens is 3. The van der Waals surface area contributed by atoms with E-state index in [-0.39, 0.29) is 24.2 Å². The number of nitrogens with zero attached hydrogens (tertiary/aromatic N) is 4. The van der Waals surface area contributed by atoms with Crippen molar-refractivity contribution >= 4 is 36.2 Å². The highest BCUT2D eigenvalue weighted by molar-refractivity contribution is 6.11. The molecule has 160 valence electrons. The molecule has 3 N–H and O–H groups in total. The Kier molecular flexibility index (Phi) is 6.13. The Morgan fingerprint density at radius 2 is 1.90 bits per heavy atom. The third-order valence-electron chi connectivity index (χ3n) is 6.14. The number of hydrogen-bond acceptors (Lipinski definition) is 6. The van der Waals surface area contributed by atoms with Gasteiger partial charge in [-0.05, 0) is 45.7 Å². The summed E-state index contributed by atoms with van der Waals surface area (Å²) in [5, 5.41) is 13.3. The molecule has 1 unspecified atom stereocenters. The number of nitrogens with one attached hydrogen (secondary N) is 3. The molecule has 3 aliphatic rings. The Morgan fingerprint density at radius 1 is 1.24 bits per heavy atom. The van der Waals surface area contributed by atoms with Crippen molar-refractivity contribution in [2.75, 3.05) is 18.4 Å². The van der Waals surface area contributed by atoms with Crippen LogP contribution in [0.3, 0.4) is 0 Å². The van der Waals surface area contributed by atoms with E-state index in [0.717, 1.165) is 43.7 Å². The van der Waals surface area contributed by atoms with Crippen molar-refractivity contribution in [2.24, 2.45) is 7.05 Å². The van der Waals surface area contributed by atoms with Crippen LogP contribution >= 0.6 is 12.4 Å². The van der Waals surface area contributed by atoms with Crippen molar-refractivity contribution in [2.45, 2.75) is 62.9 Å². The molecule has 1 aliphatic carbocycles. The molecule has 0 aromatic carbocycles. The van der Waals surface area contributed by atoms with Gasteiger partial charge in [0.25, 0.3) is 5.91 Å². The molecule has 3 heterocycles. The quantitative estimate of drug-likeness (QED) is 0.616. The standard InChI is InChI=1S/C18H27N7O3.ClH/c1-11(25-15(27)18(22-17(25)28)7-3-4-8-18)14(26)21-16-20-13(23-24(16)2)12-5-9-19-10-6-12;/h11-12,19H,3-10H2,1-2H3,(H,22,28)(H,20,21,23,26);1H. The molecule has 10 nitrogen and oxygen atoms in total. The topological polar surface area (TPSA) is 121 Å². The molecule has 1 saturated carbocycles. The predicted molar refractivity (Wildman–Crippen MR) is 108 cm³/mol. The van der Waals surface area contributed by atoms with Gasteiger partial charge in [-0.2, -0.15) is 10.1 Å². The molecule has 3 fully saturated rings. The van der Waals surface area contributed by atoms with Crippen molar-refractivity contribution in [3.8, 4) is 0 Å². The van der Waals surface area contributed by atoms with E-state index in [0.29, 0.717) is 24.6 Å². The van der Waals surface area contributed by atoms with Gasteiger partial charge in [0, 0.05) is 13.0 Å². The van der Waals surface area contributed by atoms with Crippen LogP contribution < -0.4 is 16.0 Å². The van der Waals surface area contributed by atoms with Gasteiger partial charge in [0.1, 0.15) is 11.6 Å². The van der Waals surface area contributed by atoms with Crippen molar-refractivity contribution in [1.29, 1.82) is 0 Å². The number of carbonyl (C=O) groups is 3. The third kappa shape index (κ3) is 3.83. The van der Waals surface area contributed by atoms with E-state index >= 15 is 0 Å². The second kappa shape index (κ2) is 8.27. The number of rotatable bonds is 4. The van der Waals surface area contributed by atoms with Crippen LogP contribution in [0.5, 0.6) is 0 Å². The summed E-state index contributed by atoms with van der Waals surface area (Å²) in [6.07, 6.45) is 4.98. The summed E-state index contributed by atoms with van der Waals surface area (Å²) in [6, 6.07) is -1.42. The summed E-state index contributed by atoms with van der Waals surface area (Å²) in [6.45, 7) is 3.41. The number of hydrogen-bond donors (Lipinski definition) is 3. The molecule has 4 rings (SSSR count). The van der Waals surface area contributed by atoms with E-state index in [9.17, 15) is 14.4 Å². The number of piperidine rings is 1. The van der Waals surface area contributed by atoms with E-state index in [2.05, 4.69) is 26.0 Å². The van der Waals surface area contributed by atoms with E-state index in [1.54, 1.807) is 14.0 Å². The van der Waals surface area contributed by atoms with Gasteiger partial charge in [0.05, 0.1) is 0 Å². The van der Waals surface area contributed by atoms with Crippen LogP contribution in [-0.4, -0.2) is 62.2 Å². The van der Waals surface area contributed by atoms with Crippen molar-refractivity contribution in [1.82, 2.24) is 30.3 Å². The van der Waals surface area contributed by atoms with E-state index < -0.39 is 23.5 Å². The molecule has 1 spiro atoms. The normalized spacial score (nSPS) is 22.5. The van der Waals surface area contributed by atoms with Gasteiger partial charge in [0.2, 0.25) is 11.9 Å². The monoisotopic (exact) mass is 425 g/mol. The Morgan fingerprint density at radius 3 is 2.55 bits per heavy atom. The van der Waals surface area contributed by atoms with Gasteiger partial charge in [-0.3, -0.25) is 14.9 Å². The Hall–Kier alpha value is -2.20. The second-order valence-corrected chi connectivity index (χ2v) is 8.00. The lowest BCUT2D eigenvalue weighted by Crippen LogP contribution is -2.48. The molecule has 4 amide bonds. The summed E-state index contributed by atoms with van der Waals surface area (Å²) in [4.78, 5) is 43.5. The van der Waals surface area contributed by atoms with Crippen molar-refractivity contribution in [3.05, 3.63) is 5.82 Å². The van der Waals surface area contributed by atoms with Crippen LogP contribution in [0.2, 0.25) is 0 Å². The maximum Gasteiger partial charge on any atom is 0.325 e. The smallest absolute Gasteiger partial charge is 0.323 e. The van der Waals surface area contributed by atoms with Crippen LogP contribution in [0.4, 0.5) is 10.7 Å². The molecular formula is C18H28ClN7O3. The number of halogens is 1. The van der Waals surface area contributed by atoms with Gasteiger partial charge in [-0.1, -0.05) is 12.8 Å². The van der Waals surface area contributed by atoms with Crippen LogP contribution in [0.1, 0.15) is 57.2 Å². The Labute approximate surface area is 175 Å². The van der Waals surface area contributed by atoms with Gasteiger partial charge >= 0.3 is 6.03 Å². The lowest BCUT2D eigenvalue weighted by atomic mass is 9.97. The molecule has 1 aromatic heterocycles. The Bertz CT molecular complexity index is 799. The zero-order valence-electron chi connectivity index (χ0n) is 16.7. The first-order valence-electron chi connectivity index (χ1n) is 9.99. The minimum atomic E-state index is -0.925. The molecule has 29 heavy (non-hydrogen) atoms. The minimum absolute atomic E-state index is 0. The molecule has 2 aliphatic heterocycles. The minimum Gasteiger partial charge on any atom is -0.323 e. The Balaban J connectivity index is 0.00000240. The molecule has 2 saturated heterocycles. The number of imide groups is 1. The van der Waals surface area contributed by atoms with E-state index in [4.69, 9.17) is 0 Å². The van der Waals surface area contributed by atoms with Crippen LogP contribution in [0.25, 0.3) is 0 Å². The second-order valence-electron chi connectivity index (χ2n) is 8.00. The highest BCUT2D eigenvalue weighted by Gasteiger charge is 2.54. The van der Waals surface area contributed by atoms with Gasteiger partial charge in [-0.15, -0.1) is 12.4 Å². The number of amides is 4. The molecule has 1 aromatic rings. The molecule has 1 atom stereocenters. The maximum atomic E-state index is 12.8. The number of urea groups is 1. The first-order chi connectivity index (χ1) is 13.4. The van der Waals surface area contributed by atoms with Gasteiger partial charge < -0.3 is 10.6 Å². The van der Waals surface area contributed by atoms with Gasteiger partial charge in [0.15, 0.2) is 5.82 Å². The summed E-state index contributed by atoms with van der Waals surface area (Å²) in [7, 11) is 1.72. The SMILES string of the molecule is CC(C(=O)Nc1nc(C2CCNCC2)nn1C)N1C(=O)NC2(CCCC2)C1=O.Cl. The summed E-state index contributed by atoms with van der Waals surface area (Å²) in [5.74, 6) is 0.556. The first-order valence-corrected chi connectivity index (χ1v) is 9.99.